The number of halogens is 3. The van der Waals surface area contributed by atoms with Crippen molar-refractivity contribution in [2.75, 3.05) is 11.1 Å². The third-order valence-electron chi connectivity index (χ3n) is 2.43. The van der Waals surface area contributed by atoms with Crippen LogP contribution in [0.1, 0.15) is 10.4 Å². The molecule has 0 atom stereocenters. The first-order valence-electron chi connectivity index (χ1n) is 5.29. The number of benzene rings is 2. The van der Waals surface area contributed by atoms with Gasteiger partial charge in [-0.15, -0.1) is 0 Å². The van der Waals surface area contributed by atoms with E-state index in [2.05, 4.69) is 5.32 Å². The van der Waals surface area contributed by atoms with Crippen LogP contribution in [0.25, 0.3) is 0 Å². The van der Waals surface area contributed by atoms with Crippen LogP contribution in [-0.4, -0.2) is 5.91 Å². The number of carbonyl (C=O) groups is 1. The van der Waals surface area contributed by atoms with Crippen molar-refractivity contribution in [2.45, 2.75) is 0 Å². The summed E-state index contributed by atoms with van der Waals surface area (Å²) in [6.45, 7) is 0. The van der Waals surface area contributed by atoms with E-state index in [0.717, 1.165) is 0 Å². The van der Waals surface area contributed by atoms with E-state index in [1.165, 1.54) is 12.1 Å². The molecule has 0 heterocycles. The van der Waals surface area contributed by atoms with E-state index in [1.807, 2.05) is 0 Å². The lowest BCUT2D eigenvalue weighted by molar-refractivity contribution is 0.102. The van der Waals surface area contributed by atoms with Gasteiger partial charge < -0.3 is 11.1 Å². The second kappa shape index (κ2) is 5.70. The van der Waals surface area contributed by atoms with Gasteiger partial charge in [-0.25, -0.2) is 0 Å². The monoisotopic (exact) mass is 314 g/mol. The second-order valence-corrected chi connectivity index (χ2v) is 5.04. The van der Waals surface area contributed by atoms with E-state index < -0.39 is 0 Å². The number of carbonyl (C=O) groups excluding carboxylic acids is 1. The SMILES string of the molecule is Nc1ccc(C(=O)Nc2cc(Cl)c(Cl)cc2Cl)cc1. The Morgan fingerprint density at radius 3 is 2.16 bits per heavy atom. The number of nitrogens with one attached hydrogen (secondary N) is 1. The summed E-state index contributed by atoms with van der Waals surface area (Å²) >= 11 is 17.7. The van der Waals surface area contributed by atoms with Gasteiger partial charge in [0.1, 0.15) is 0 Å². The van der Waals surface area contributed by atoms with Crippen LogP contribution < -0.4 is 11.1 Å². The predicted octanol–water partition coefficient (Wildman–Crippen LogP) is 4.48. The number of amides is 1. The van der Waals surface area contributed by atoms with Gasteiger partial charge in [0.2, 0.25) is 0 Å². The molecule has 0 saturated carbocycles. The van der Waals surface area contributed by atoms with Gasteiger partial charge in [-0.3, -0.25) is 4.79 Å². The summed E-state index contributed by atoms with van der Waals surface area (Å²) in [6, 6.07) is 9.51. The Kier molecular flexibility index (Phi) is 4.20. The average molecular weight is 316 g/mol. The molecule has 19 heavy (non-hydrogen) atoms. The van der Waals surface area contributed by atoms with Gasteiger partial charge in [0.25, 0.3) is 5.91 Å². The van der Waals surface area contributed by atoms with Crippen molar-refractivity contribution < 1.29 is 4.79 Å². The number of hydrogen-bond acceptors (Lipinski definition) is 2. The Hall–Kier alpha value is -1.42. The Labute approximate surface area is 125 Å². The molecule has 2 aromatic carbocycles. The summed E-state index contributed by atoms with van der Waals surface area (Å²) in [4.78, 5) is 12.0. The van der Waals surface area contributed by atoms with Crippen molar-refractivity contribution in [3.05, 3.63) is 57.0 Å². The first kappa shape index (κ1) is 14.0. The zero-order chi connectivity index (χ0) is 14.0. The topological polar surface area (TPSA) is 55.1 Å². The zero-order valence-corrected chi connectivity index (χ0v) is 11.9. The highest BCUT2D eigenvalue weighted by Gasteiger charge is 2.10. The molecule has 0 aromatic heterocycles. The van der Waals surface area contributed by atoms with Crippen LogP contribution in [0.15, 0.2) is 36.4 Å². The molecule has 0 aliphatic rings. The summed E-state index contributed by atoms with van der Waals surface area (Å²) in [6.07, 6.45) is 0. The first-order chi connectivity index (χ1) is 8.97. The van der Waals surface area contributed by atoms with Gasteiger partial charge in [-0.2, -0.15) is 0 Å². The van der Waals surface area contributed by atoms with Gasteiger partial charge in [-0.1, -0.05) is 34.8 Å². The van der Waals surface area contributed by atoms with Crippen LogP contribution in [0.2, 0.25) is 15.1 Å². The van der Waals surface area contributed by atoms with Crippen LogP contribution in [0.4, 0.5) is 11.4 Å². The Bertz CT molecular complexity index is 627. The molecule has 0 spiro atoms. The van der Waals surface area contributed by atoms with E-state index in [4.69, 9.17) is 40.5 Å². The summed E-state index contributed by atoms with van der Waals surface area (Å²) in [5.74, 6) is -0.305. The van der Waals surface area contributed by atoms with Crippen molar-refractivity contribution in [2.24, 2.45) is 0 Å². The lowest BCUT2D eigenvalue weighted by Crippen LogP contribution is -2.12. The standard InChI is InChI=1S/C13H9Cl3N2O/c14-9-5-11(16)12(6-10(9)15)18-13(19)7-1-3-8(17)4-2-7/h1-6H,17H2,(H,18,19). The highest BCUT2D eigenvalue weighted by Crippen LogP contribution is 2.32. The number of hydrogen-bond donors (Lipinski definition) is 2. The van der Waals surface area contributed by atoms with Crippen LogP contribution in [0.5, 0.6) is 0 Å². The molecule has 2 aromatic rings. The highest BCUT2D eigenvalue weighted by atomic mass is 35.5. The van der Waals surface area contributed by atoms with Crippen LogP contribution in [-0.2, 0) is 0 Å². The van der Waals surface area contributed by atoms with Crippen LogP contribution in [0, 0.1) is 0 Å². The molecule has 2 rings (SSSR count). The predicted molar refractivity (Wildman–Crippen MR) is 80.3 cm³/mol. The van der Waals surface area contributed by atoms with Gasteiger partial charge in [0.05, 0.1) is 20.8 Å². The van der Waals surface area contributed by atoms with Crippen molar-refractivity contribution in [1.82, 2.24) is 0 Å². The molecule has 1 amide bonds. The van der Waals surface area contributed by atoms with Gasteiger partial charge in [0.15, 0.2) is 0 Å². The highest BCUT2D eigenvalue weighted by molar-refractivity contribution is 6.44. The van der Waals surface area contributed by atoms with Gasteiger partial charge >= 0.3 is 0 Å². The van der Waals surface area contributed by atoms with Crippen molar-refractivity contribution in [3.8, 4) is 0 Å². The van der Waals surface area contributed by atoms with E-state index >= 15 is 0 Å². The molecule has 3 N–H and O–H groups in total. The zero-order valence-electron chi connectivity index (χ0n) is 9.58. The summed E-state index contributed by atoms with van der Waals surface area (Å²) in [5, 5.41) is 3.63. The lowest BCUT2D eigenvalue weighted by atomic mass is 10.2. The van der Waals surface area contributed by atoms with Crippen molar-refractivity contribution >= 4 is 52.1 Å². The van der Waals surface area contributed by atoms with E-state index in [1.54, 1.807) is 24.3 Å². The molecule has 6 heteroatoms. The van der Waals surface area contributed by atoms with Crippen molar-refractivity contribution in [1.29, 1.82) is 0 Å². The molecule has 0 radical (unpaired) electrons. The normalized spacial score (nSPS) is 10.3. The smallest absolute Gasteiger partial charge is 0.255 e. The third kappa shape index (κ3) is 3.32. The largest absolute Gasteiger partial charge is 0.399 e. The minimum atomic E-state index is -0.305. The average Bonchev–Trinajstić information content (AvgIpc) is 2.36. The molecular weight excluding hydrogens is 307 g/mol. The molecule has 0 aliphatic carbocycles. The minimum Gasteiger partial charge on any atom is -0.399 e. The molecule has 3 nitrogen and oxygen atoms in total. The first-order valence-corrected chi connectivity index (χ1v) is 6.42. The maximum atomic E-state index is 12.0. The Morgan fingerprint density at radius 2 is 1.53 bits per heavy atom. The fourth-order valence-corrected chi connectivity index (χ4v) is 2.04. The third-order valence-corrected chi connectivity index (χ3v) is 3.47. The summed E-state index contributed by atoms with van der Waals surface area (Å²) in [7, 11) is 0. The molecule has 0 unspecified atom stereocenters. The number of nitrogens with two attached hydrogens (primary N) is 1. The number of nitrogen functional groups attached to an aromatic ring is 1. The Balaban J connectivity index is 2.24. The molecule has 0 aliphatic heterocycles. The minimum absolute atomic E-state index is 0.305. The maximum Gasteiger partial charge on any atom is 0.255 e. The Morgan fingerprint density at radius 1 is 0.947 bits per heavy atom. The van der Waals surface area contributed by atoms with E-state index in [9.17, 15) is 4.79 Å². The van der Waals surface area contributed by atoms with Gasteiger partial charge in [0, 0.05) is 11.3 Å². The summed E-state index contributed by atoms with van der Waals surface area (Å²) in [5.41, 5.74) is 7.01. The fourth-order valence-electron chi connectivity index (χ4n) is 1.45. The molecule has 0 bridgehead atoms. The molecule has 98 valence electrons. The van der Waals surface area contributed by atoms with Crippen LogP contribution in [0.3, 0.4) is 0 Å². The fraction of sp³-hybridized carbons (Fsp3) is 0. The maximum absolute atomic E-state index is 12.0. The quantitative estimate of drug-likeness (QED) is 0.634. The van der Waals surface area contributed by atoms with E-state index in [-0.39, 0.29) is 5.91 Å². The molecular formula is C13H9Cl3N2O. The second-order valence-electron chi connectivity index (χ2n) is 3.82. The van der Waals surface area contributed by atoms with E-state index in [0.29, 0.717) is 32.0 Å². The lowest BCUT2D eigenvalue weighted by Gasteiger charge is -2.09. The summed E-state index contributed by atoms with van der Waals surface area (Å²) < 4.78 is 0. The van der Waals surface area contributed by atoms with Crippen LogP contribution >= 0.6 is 34.8 Å². The van der Waals surface area contributed by atoms with Gasteiger partial charge in [-0.05, 0) is 36.4 Å². The number of anilines is 2. The molecule has 0 fully saturated rings. The van der Waals surface area contributed by atoms with Crippen molar-refractivity contribution in [3.63, 3.8) is 0 Å². The molecule has 0 saturated heterocycles. The number of rotatable bonds is 2.